The van der Waals surface area contributed by atoms with Crippen LogP contribution in [-0.4, -0.2) is 71.4 Å². The van der Waals surface area contributed by atoms with Crippen LogP contribution in [0.25, 0.3) is 0 Å². The zero-order valence-corrected chi connectivity index (χ0v) is 27.8. The molecule has 2 aliphatic rings. The van der Waals surface area contributed by atoms with Crippen molar-refractivity contribution in [3.63, 3.8) is 0 Å². The first-order valence-corrected chi connectivity index (χ1v) is 16.3. The van der Waals surface area contributed by atoms with Gasteiger partial charge in [0.1, 0.15) is 17.7 Å². The summed E-state index contributed by atoms with van der Waals surface area (Å²) >= 11 is 0. The molecule has 1 aromatic heterocycles. The van der Waals surface area contributed by atoms with Crippen LogP contribution in [0, 0.1) is 19.7 Å². The highest BCUT2D eigenvalue weighted by Gasteiger charge is 2.35. The molecule has 2 atom stereocenters. The molecule has 11 nitrogen and oxygen atoms in total. The topological polar surface area (TPSA) is 124 Å². The van der Waals surface area contributed by atoms with Gasteiger partial charge in [-0.3, -0.25) is 19.1 Å². The molecule has 0 unspecified atom stereocenters. The van der Waals surface area contributed by atoms with Crippen LogP contribution < -0.4 is 24.8 Å². The van der Waals surface area contributed by atoms with E-state index in [0.717, 1.165) is 22.5 Å². The average molecular weight is 670 g/mol. The molecule has 2 N–H and O–H groups in total. The van der Waals surface area contributed by atoms with E-state index >= 15 is 0 Å². The fourth-order valence-electron chi connectivity index (χ4n) is 6.23. The summed E-state index contributed by atoms with van der Waals surface area (Å²) in [6, 6.07) is 18.4. The van der Waals surface area contributed by atoms with Gasteiger partial charge in [0.05, 0.1) is 25.4 Å². The van der Waals surface area contributed by atoms with Crippen LogP contribution in [0.5, 0.6) is 17.2 Å². The van der Waals surface area contributed by atoms with Crippen molar-refractivity contribution in [2.45, 2.75) is 58.3 Å². The molecule has 2 aliphatic heterocycles. The van der Waals surface area contributed by atoms with Gasteiger partial charge in [-0.25, -0.2) is 4.39 Å². The molecule has 0 radical (unpaired) electrons. The summed E-state index contributed by atoms with van der Waals surface area (Å²) in [5, 5.41) is 10.4. The summed E-state index contributed by atoms with van der Waals surface area (Å²) in [5.41, 5.74) is 4.92. The third-order valence-electron chi connectivity index (χ3n) is 8.76. The molecule has 1 saturated heterocycles. The summed E-state index contributed by atoms with van der Waals surface area (Å²) in [7, 11) is 1.51. The molecule has 1 fully saturated rings. The molecule has 256 valence electrons. The molecule has 4 bridgehead atoms. The molecule has 4 aromatic rings. The predicted molar refractivity (Wildman–Crippen MR) is 179 cm³/mol. The van der Waals surface area contributed by atoms with E-state index in [1.807, 2.05) is 42.8 Å². The van der Waals surface area contributed by atoms with Crippen molar-refractivity contribution in [2.75, 3.05) is 26.8 Å². The van der Waals surface area contributed by atoms with E-state index in [9.17, 15) is 18.8 Å². The van der Waals surface area contributed by atoms with Crippen LogP contribution in [0.15, 0.2) is 66.7 Å². The van der Waals surface area contributed by atoms with Crippen molar-refractivity contribution >= 4 is 17.7 Å². The van der Waals surface area contributed by atoms with Crippen molar-refractivity contribution < 1.29 is 33.0 Å². The number of carbonyl (C=O) groups is 3. The van der Waals surface area contributed by atoms with Crippen LogP contribution in [0.2, 0.25) is 0 Å². The number of nitrogens with one attached hydrogen (secondary N) is 2. The van der Waals surface area contributed by atoms with Crippen LogP contribution in [-0.2, 0) is 29.1 Å². The number of ether oxygens (including phenoxy) is 3. The first-order chi connectivity index (χ1) is 23.6. The molecule has 3 amide bonds. The number of methoxy groups -OCH3 is 1. The van der Waals surface area contributed by atoms with Gasteiger partial charge in [-0.05, 0) is 79.4 Å². The smallest absolute Gasteiger partial charge is 0.258 e. The summed E-state index contributed by atoms with van der Waals surface area (Å²) in [6.07, 6.45) is 0.442. The second-order valence-electron chi connectivity index (χ2n) is 12.5. The number of likely N-dealkylation sites (tertiary alicyclic amines) is 1. The molecule has 0 saturated carbocycles. The van der Waals surface area contributed by atoms with E-state index < -0.39 is 23.9 Å². The lowest BCUT2D eigenvalue weighted by molar-refractivity contribution is -0.125. The standard InChI is InChI=1S/C37H40FN5O6/c1-23-14-24(2)43(41-23)20-26-4-8-28(9-5-26)37(46)42-13-12-32-31(21-42)40-36(45)22-48-34-17-25(6-10-33(34)47-3)7-11-35(44)39-19-27-15-29(38)18-30(16-27)49-32/h4-6,8-10,14-18,31-32H,7,11-13,19-22H2,1-3H3,(H,39,44)(H,40,45)/t31-,32-/m1/s1. The number of nitrogens with zero attached hydrogens (tertiary/aromatic N) is 3. The maximum atomic E-state index is 14.7. The number of aryl methyl sites for hydroxylation is 3. The number of carbonyl (C=O) groups excluding carboxylic acids is 3. The van der Waals surface area contributed by atoms with Crippen molar-refractivity contribution in [2.24, 2.45) is 0 Å². The Bertz CT molecular complexity index is 1840. The fraction of sp³-hybridized carbons (Fsp3) is 0.351. The number of hydrogen-bond donors (Lipinski definition) is 2. The van der Waals surface area contributed by atoms with Crippen LogP contribution in [0.3, 0.4) is 0 Å². The number of fused-ring (bicyclic) bond motifs is 5. The van der Waals surface area contributed by atoms with Crippen LogP contribution in [0.1, 0.15) is 51.3 Å². The lowest BCUT2D eigenvalue weighted by Gasteiger charge is -2.39. The van der Waals surface area contributed by atoms with Gasteiger partial charge in [-0.15, -0.1) is 0 Å². The number of aromatic nitrogens is 2. The van der Waals surface area contributed by atoms with Gasteiger partial charge in [0.15, 0.2) is 18.1 Å². The zero-order valence-electron chi connectivity index (χ0n) is 27.8. The van der Waals surface area contributed by atoms with Gasteiger partial charge in [-0.1, -0.05) is 18.2 Å². The molecule has 12 heteroatoms. The molecular formula is C37H40FN5O6. The Kier molecular flexibility index (Phi) is 10.1. The van der Waals surface area contributed by atoms with Gasteiger partial charge in [0, 0.05) is 49.8 Å². The number of halogens is 1. The number of hydrogen-bond acceptors (Lipinski definition) is 7. The third-order valence-corrected chi connectivity index (χ3v) is 8.76. The van der Waals surface area contributed by atoms with Crippen molar-refractivity contribution in [3.05, 3.63) is 106 Å². The Morgan fingerprint density at radius 1 is 1.00 bits per heavy atom. The van der Waals surface area contributed by atoms with Crippen LogP contribution >= 0.6 is 0 Å². The fourth-order valence-corrected chi connectivity index (χ4v) is 6.23. The van der Waals surface area contributed by atoms with E-state index in [4.69, 9.17) is 14.2 Å². The minimum absolute atomic E-state index is 0.122. The Morgan fingerprint density at radius 2 is 1.82 bits per heavy atom. The monoisotopic (exact) mass is 669 g/mol. The Hall–Kier alpha value is -5.39. The first-order valence-electron chi connectivity index (χ1n) is 16.3. The Balaban J connectivity index is 1.21. The van der Waals surface area contributed by atoms with Gasteiger partial charge in [0.25, 0.3) is 11.8 Å². The average Bonchev–Trinajstić information content (AvgIpc) is 3.41. The lowest BCUT2D eigenvalue weighted by Crippen LogP contribution is -2.58. The maximum absolute atomic E-state index is 14.7. The second-order valence-corrected chi connectivity index (χ2v) is 12.5. The lowest BCUT2D eigenvalue weighted by atomic mass is 10.00. The number of benzene rings is 3. The quantitative estimate of drug-likeness (QED) is 0.335. The molecule has 0 spiro atoms. The minimum atomic E-state index is -0.627. The van der Waals surface area contributed by atoms with Gasteiger partial charge >= 0.3 is 0 Å². The van der Waals surface area contributed by atoms with Gasteiger partial charge in [-0.2, -0.15) is 5.10 Å². The van der Waals surface area contributed by atoms with E-state index in [2.05, 4.69) is 15.7 Å². The summed E-state index contributed by atoms with van der Waals surface area (Å²) < 4.78 is 34.2. The van der Waals surface area contributed by atoms with Crippen molar-refractivity contribution in [3.8, 4) is 17.2 Å². The maximum Gasteiger partial charge on any atom is 0.258 e. The van der Waals surface area contributed by atoms with Crippen molar-refractivity contribution in [1.82, 2.24) is 25.3 Å². The number of rotatable bonds is 4. The van der Waals surface area contributed by atoms with Gasteiger partial charge in [0.2, 0.25) is 5.91 Å². The van der Waals surface area contributed by atoms with E-state index in [1.165, 1.54) is 19.2 Å². The predicted octanol–water partition coefficient (Wildman–Crippen LogP) is 4.12. The molecule has 0 aliphatic carbocycles. The normalized spacial score (nSPS) is 18.5. The Labute approximate surface area is 284 Å². The second kappa shape index (κ2) is 14.8. The third kappa shape index (κ3) is 8.37. The molecular weight excluding hydrogens is 629 g/mol. The zero-order chi connectivity index (χ0) is 34.5. The highest BCUT2D eigenvalue weighted by atomic mass is 19.1. The molecule has 3 heterocycles. The Morgan fingerprint density at radius 3 is 2.57 bits per heavy atom. The summed E-state index contributed by atoms with van der Waals surface area (Å²) in [6.45, 7) is 4.89. The van der Waals surface area contributed by atoms with E-state index in [1.54, 1.807) is 35.2 Å². The largest absolute Gasteiger partial charge is 0.493 e. The number of piperidine rings is 1. The minimum Gasteiger partial charge on any atom is -0.493 e. The van der Waals surface area contributed by atoms with E-state index in [-0.39, 0.29) is 43.7 Å². The molecule has 49 heavy (non-hydrogen) atoms. The number of amides is 3. The SMILES string of the molecule is COc1ccc2cc1OCC(=O)N[C@@H]1CN(C(=O)c3ccc(Cn4nc(C)cc4C)cc3)CC[C@H]1Oc1cc(F)cc(c1)CNC(=O)CC2. The molecule has 3 aromatic carbocycles. The first kappa shape index (κ1) is 33.5. The highest BCUT2D eigenvalue weighted by Crippen LogP contribution is 2.29. The highest BCUT2D eigenvalue weighted by molar-refractivity contribution is 5.94. The van der Waals surface area contributed by atoms with Crippen LogP contribution in [0.4, 0.5) is 4.39 Å². The summed E-state index contributed by atoms with van der Waals surface area (Å²) in [5.74, 6) is -0.210. The van der Waals surface area contributed by atoms with Gasteiger partial charge < -0.3 is 29.7 Å². The van der Waals surface area contributed by atoms with E-state index in [0.29, 0.717) is 48.6 Å². The molecule has 6 rings (SSSR count). The van der Waals surface area contributed by atoms with Crippen molar-refractivity contribution in [1.29, 1.82) is 0 Å². The summed E-state index contributed by atoms with van der Waals surface area (Å²) in [4.78, 5) is 41.3.